The van der Waals surface area contributed by atoms with E-state index < -0.39 is 6.09 Å². The number of rotatable bonds is 4. The summed E-state index contributed by atoms with van der Waals surface area (Å²) < 4.78 is 17.0. The van der Waals surface area contributed by atoms with Gasteiger partial charge in [-0.05, 0) is 44.9 Å². The first-order valence-corrected chi connectivity index (χ1v) is 7.24. The predicted molar refractivity (Wildman–Crippen MR) is 87.8 cm³/mol. The lowest BCUT2D eigenvalue weighted by Crippen LogP contribution is -2.41. The number of amides is 1. The normalized spacial score (nSPS) is 18.8. The van der Waals surface area contributed by atoms with Gasteiger partial charge in [0.05, 0.1) is 11.2 Å². The smallest absolute Gasteiger partial charge is 0.444 e. The Balaban J connectivity index is 0.00000264. The zero-order valence-electron chi connectivity index (χ0n) is 13.5. The summed E-state index contributed by atoms with van der Waals surface area (Å²) in [6.45, 7) is 11.7. The molecule has 0 bridgehead atoms. The van der Waals surface area contributed by atoms with Crippen LogP contribution in [0.3, 0.4) is 0 Å². The number of hydrogen-bond donors (Lipinski definition) is 1. The largest absolute Gasteiger partial charge is 0.494 e. The molecular formula is C16H24BNO4. The van der Waals surface area contributed by atoms with Gasteiger partial charge in [0.1, 0.15) is 6.61 Å². The van der Waals surface area contributed by atoms with E-state index in [-0.39, 0.29) is 26.4 Å². The predicted octanol–water partition coefficient (Wildman–Crippen LogP) is 2.60. The van der Waals surface area contributed by atoms with E-state index in [4.69, 9.17) is 14.0 Å². The average molecular weight is 305 g/mol. The molecule has 0 spiro atoms. The van der Waals surface area contributed by atoms with Gasteiger partial charge >= 0.3 is 13.2 Å². The highest BCUT2D eigenvalue weighted by Crippen LogP contribution is 2.36. The van der Waals surface area contributed by atoms with Crippen LogP contribution in [-0.2, 0) is 20.7 Å². The third kappa shape index (κ3) is 3.51. The maximum atomic E-state index is 11.2. The van der Waals surface area contributed by atoms with E-state index in [0.29, 0.717) is 0 Å². The van der Waals surface area contributed by atoms with Gasteiger partial charge in [-0.3, -0.25) is 5.32 Å². The third-order valence-electron chi connectivity index (χ3n) is 4.09. The zero-order valence-corrected chi connectivity index (χ0v) is 13.5. The van der Waals surface area contributed by atoms with Crippen molar-refractivity contribution in [2.24, 2.45) is 0 Å². The Morgan fingerprint density at radius 2 is 1.82 bits per heavy atom. The van der Waals surface area contributed by atoms with Crippen LogP contribution in [0.1, 0.15) is 34.7 Å². The Bertz CT molecular complexity index is 544. The molecule has 5 nitrogen and oxygen atoms in total. The molecule has 1 amide bonds. The minimum atomic E-state index is -0.523. The summed E-state index contributed by atoms with van der Waals surface area (Å²) in [4.78, 5) is 11.2. The monoisotopic (exact) mass is 305 g/mol. The lowest BCUT2D eigenvalue weighted by Gasteiger charge is -2.32. The Labute approximate surface area is 133 Å². The molecule has 1 aromatic carbocycles. The Hall–Kier alpha value is -1.79. The van der Waals surface area contributed by atoms with Crippen LogP contribution in [0.4, 0.5) is 4.79 Å². The summed E-state index contributed by atoms with van der Waals surface area (Å²) in [6.07, 6.45) is 0.758. The molecule has 1 heterocycles. The van der Waals surface area contributed by atoms with Crippen LogP contribution < -0.4 is 10.8 Å². The fourth-order valence-electron chi connectivity index (χ4n) is 2.02. The molecule has 120 valence electrons. The number of ether oxygens (including phenoxy) is 1. The van der Waals surface area contributed by atoms with Crippen LogP contribution in [0, 0.1) is 0 Å². The van der Waals surface area contributed by atoms with Gasteiger partial charge in [-0.15, -0.1) is 0 Å². The molecule has 0 aliphatic carbocycles. The van der Waals surface area contributed by atoms with E-state index in [2.05, 4.69) is 11.9 Å². The van der Waals surface area contributed by atoms with Crippen LogP contribution in [0.5, 0.6) is 0 Å². The van der Waals surface area contributed by atoms with Crippen LogP contribution in [0.2, 0.25) is 0 Å². The average Bonchev–Trinajstić information content (AvgIpc) is 2.66. The van der Waals surface area contributed by atoms with Crippen LogP contribution in [0.15, 0.2) is 37.0 Å². The molecular weight excluding hydrogens is 281 g/mol. The molecule has 0 aromatic heterocycles. The second-order valence-corrected chi connectivity index (χ2v) is 6.25. The molecule has 0 saturated carbocycles. The quantitative estimate of drug-likeness (QED) is 0.869. The Morgan fingerprint density at radius 3 is 2.32 bits per heavy atom. The fraction of sp³-hybridized carbons (Fsp3) is 0.438. The summed E-state index contributed by atoms with van der Waals surface area (Å²) in [7, 11) is -0.385. The van der Waals surface area contributed by atoms with Crippen molar-refractivity contribution >= 4 is 18.7 Å². The molecule has 1 fully saturated rings. The number of carbonyl (C=O) groups excluding carboxylic acids is 1. The second kappa shape index (κ2) is 6.14. The number of alkyl carbamates (subject to hydrolysis) is 1. The van der Waals surface area contributed by atoms with E-state index in [0.717, 1.165) is 11.0 Å². The molecule has 1 aliphatic heterocycles. The molecule has 0 atom stereocenters. The molecule has 0 unspecified atom stereocenters. The number of benzene rings is 1. The lowest BCUT2D eigenvalue weighted by atomic mass is 9.79. The minimum absolute atomic E-state index is 0. The third-order valence-corrected chi connectivity index (χ3v) is 4.09. The standard InChI is InChI=1S/C16H22BNO4.H2/c1-6-18-14(19)20-11-12-7-9-13(10-8-12)17-21-15(2,3)16(4,5)22-17;/h6-10H,1,11H2,2-5H3,(H,18,19);1H. The molecule has 1 aliphatic rings. The second-order valence-electron chi connectivity index (χ2n) is 6.25. The van der Waals surface area contributed by atoms with E-state index in [1.54, 1.807) is 0 Å². The summed E-state index contributed by atoms with van der Waals surface area (Å²) in [5, 5.41) is 2.35. The summed E-state index contributed by atoms with van der Waals surface area (Å²) >= 11 is 0. The van der Waals surface area contributed by atoms with Crippen molar-refractivity contribution in [3.63, 3.8) is 0 Å². The molecule has 1 N–H and O–H groups in total. The molecule has 1 aromatic rings. The van der Waals surface area contributed by atoms with Gasteiger partial charge in [-0.1, -0.05) is 30.8 Å². The first-order valence-electron chi connectivity index (χ1n) is 7.24. The topological polar surface area (TPSA) is 56.8 Å². The molecule has 1 saturated heterocycles. The summed E-state index contributed by atoms with van der Waals surface area (Å²) in [5.74, 6) is 0. The number of carbonyl (C=O) groups is 1. The SMILES string of the molecule is C=CNC(=O)OCc1ccc(B2OC(C)(C)C(C)(C)O2)cc1.[HH]. The molecule has 22 heavy (non-hydrogen) atoms. The highest BCUT2D eigenvalue weighted by molar-refractivity contribution is 6.62. The fourth-order valence-corrected chi connectivity index (χ4v) is 2.02. The van der Waals surface area contributed by atoms with Crippen LogP contribution >= 0.6 is 0 Å². The lowest BCUT2D eigenvalue weighted by molar-refractivity contribution is 0.00578. The van der Waals surface area contributed by atoms with E-state index in [1.807, 2.05) is 52.0 Å². The van der Waals surface area contributed by atoms with Crippen LogP contribution in [-0.4, -0.2) is 24.4 Å². The van der Waals surface area contributed by atoms with Gasteiger partial charge in [-0.25, -0.2) is 4.79 Å². The van der Waals surface area contributed by atoms with Crippen molar-refractivity contribution in [3.8, 4) is 0 Å². The summed E-state index contributed by atoms with van der Waals surface area (Å²) in [6, 6.07) is 7.63. The van der Waals surface area contributed by atoms with Crippen molar-refractivity contribution in [2.75, 3.05) is 0 Å². The van der Waals surface area contributed by atoms with Gasteiger partial charge in [0.15, 0.2) is 0 Å². The first kappa shape index (κ1) is 16.6. The van der Waals surface area contributed by atoms with Gasteiger partial charge in [0, 0.05) is 1.43 Å². The molecule has 6 heteroatoms. The number of hydrogen-bond acceptors (Lipinski definition) is 4. The van der Waals surface area contributed by atoms with Gasteiger partial charge < -0.3 is 14.0 Å². The summed E-state index contributed by atoms with van der Waals surface area (Å²) in [5.41, 5.74) is 1.11. The highest BCUT2D eigenvalue weighted by Gasteiger charge is 2.51. The minimum Gasteiger partial charge on any atom is -0.444 e. The molecule has 0 radical (unpaired) electrons. The van der Waals surface area contributed by atoms with E-state index in [1.165, 1.54) is 6.20 Å². The van der Waals surface area contributed by atoms with Crippen molar-refractivity contribution < 1.29 is 20.3 Å². The number of nitrogens with one attached hydrogen (secondary N) is 1. The van der Waals surface area contributed by atoms with Gasteiger partial charge in [-0.2, -0.15) is 0 Å². The van der Waals surface area contributed by atoms with E-state index >= 15 is 0 Å². The van der Waals surface area contributed by atoms with Crippen molar-refractivity contribution in [2.45, 2.75) is 45.5 Å². The zero-order chi connectivity index (χ0) is 16.4. The Morgan fingerprint density at radius 1 is 1.27 bits per heavy atom. The van der Waals surface area contributed by atoms with Crippen molar-refractivity contribution in [1.29, 1.82) is 0 Å². The maximum Gasteiger partial charge on any atom is 0.494 e. The van der Waals surface area contributed by atoms with Crippen molar-refractivity contribution in [1.82, 2.24) is 5.32 Å². The van der Waals surface area contributed by atoms with Crippen LogP contribution in [0.25, 0.3) is 0 Å². The molecule has 2 rings (SSSR count). The maximum absolute atomic E-state index is 11.2. The van der Waals surface area contributed by atoms with Gasteiger partial charge in [0.25, 0.3) is 0 Å². The first-order chi connectivity index (χ1) is 10.2. The van der Waals surface area contributed by atoms with Gasteiger partial charge in [0.2, 0.25) is 0 Å². The van der Waals surface area contributed by atoms with E-state index in [9.17, 15) is 4.79 Å². The highest BCUT2D eigenvalue weighted by atomic mass is 16.7. The Kier molecular flexibility index (Phi) is 4.63. The van der Waals surface area contributed by atoms with Crippen molar-refractivity contribution in [3.05, 3.63) is 42.6 Å².